The summed E-state index contributed by atoms with van der Waals surface area (Å²) in [6.45, 7) is 4.00. The number of hydrogen-bond acceptors (Lipinski definition) is 3. The van der Waals surface area contributed by atoms with Crippen molar-refractivity contribution in [2.24, 2.45) is 7.05 Å². The lowest BCUT2D eigenvalue weighted by Crippen LogP contribution is -2.21. The van der Waals surface area contributed by atoms with Crippen LogP contribution in [0.2, 0.25) is 0 Å². The van der Waals surface area contributed by atoms with Crippen molar-refractivity contribution in [3.8, 4) is 11.3 Å². The molecule has 2 rings (SSSR count). The van der Waals surface area contributed by atoms with Crippen molar-refractivity contribution >= 4 is 5.97 Å². The molecule has 5 heteroatoms. The first-order valence-electron chi connectivity index (χ1n) is 6.34. The van der Waals surface area contributed by atoms with Crippen molar-refractivity contribution in [1.29, 1.82) is 0 Å². The van der Waals surface area contributed by atoms with Crippen LogP contribution in [0.1, 0.15) is 29.9 Å². The van der Waals surface area contributed by atoms with Crippen molar-refractivity contribution in [3.63, 3.8) is 0 Å². The average Bonchev–Trinajstić information content (AvgIpc) is 2.81. The normalized spacial score (nSPS) is 11.6. The van der Waals surface area contributed by atoms with Crippen LogP contribution < -0.4 is 0 Å². The van der Waals surface area contributed by atoms with Crippen LogP contribution in [0.3, 0.4) is 0 Å². The van der Waals surface area contributed by atoms with Crippen LogP contribution in [-0.4, -0.2) is 32.6 Å². The predicted octanol–water partition coefficient (Wildman–Crippen LogP) is 2.06. The molecule has 5 nitrogen and oxygen atoms in total. The van der Waals surface area contributed by atoms with E-state index >= 15 is 0 Å². The Balaban J connectivity index is 2.38. The molecule has 2 N–H and O–H groups in total. The van der Waals surface area contributed by atoms with Crippen molar-refractivity contribution < 1.29 is 15.0 Å². The van der Waals surface area contributed by atoms with Crippen molar-refractivity contribution in [2.45, 2.75) is 19.3 Å². The van der Waals surface area contributed by atoms with E-state index in [1.807, 2.05) is 38.1 Å². The summed E-state index contributed by atoms with van der Waals surface area (Å²) in [4.78, 5) is 10.9. The lowest BCUT2D eigenvalue weighted by molar-refractivity contribution is 0.0689. The number of nitrogens with zero attached hydrogens (tertiary/aromatic N) is 2. The summed E-state index contributed by atoms with van der Waals surface area (Å²) in [6, 6.07) is 9.26. The Morgan fingerprint density at radius 1 is 1.30 bits per heavy atom. The maximum atomic E-state index is 10.9. The molecule has 0 aliphatic carbocycles. The first-order chi connectivity index (χ1) is 9.35. The summed E-state index contributed by atoms with van der Waals surface area (Å²) < 4.78 is 1.55. The quantitative estimate of drug-likeness (QED) is 0.894. The van der Waals surface area contributed by atoms with E-state index in [4.69, 9.17) is 5.11 Å². The standard InChI is InChI=1S/C15H18N2O3/c1-15(2,9-18)11-6-4-10(5-7-11)13-8-12(14(19)20)16-17(13)3/h4-8,18H,9H2,1-3H3,(H,19,20). The molecule has 1 aromatic heterocycles. The zero-order chi connectivity index (χ0) is 14.9. The lowest BCUT2D eigenvalue weighted by atomic mass is 9.85. The Morgan fingerprint density at radius 3 is 2.35 bits per heavy atom. The van der Waals surface area contributed by atoms with Crippen LogP contribution in [0.15, 0.2) is 30.3 Å². The van der Waals surface area contributed by atoms with Gasteiger partial charge in [-0.25, -0.2) is 4.79 Å². The van der Waals surface area contributed by atoms with Crippen LogP contribution in [-0.2, 0) is 12.5 Å². The maximum absolute atomic E-state index is 10.9. The molecule has 0 saturated heterocycles. The molecular weight excluding hydrogens is 256 g/mol. The van der Waals surface area contributed by atoms with E-state index in [0.29, 0.717) is 0 Å². The van der Waals surface area contributed by atoms with E-state index in [9.17, 15) is 9.90 Å². The first-order valence-corrected chi connectivity index (χ1v) is 6.34. The number of rotatable bonds is 4. The smallest absolute Gasteiger partial charge is 0.356 e. The number of aromatic carboxylic acids is 1. The van der Waals surface area contributed by atoms with E-state index < -0.39 is 5.97 Å². The fourth-order valence-electron chi connectivity index (χ4n) is 2.03. The SMILES string of the molecule is Cn1nc(C(=O)O)cc1-c1ccc(C(C)(C)CO)cc1. The van der Waals surface area contributed by atoms with Gasteiger partial charge in [-0.2, -0.15) is 5.10 Å². The van der Waals surface area contributed by atoms with Crippen LogP contribution in [0.4, 0.5) is 0 Å². The highest BCUT2D eigenvalue weighted by molar-refractivity contribution is 5.87. The molecule has 0 unspecified atom stereocenters. The first kappa shape index (κ1) is 14.3. The Hall–Kier alpha value is -2.14. The molecule has 106 valence electrons. The molecular formula is C15H18N2O3. The highest BCUT2D eigenvalue weighted by Gasteiger charge is 2.19. The number of aliphatic hydroxyl groups excluding tert-OH is 1. The minimum atomic E-state index is -1.04. The predicted molar refractivity (Wildman–Crippen MR) is 75.7 cm³/mol. The number of carboxylic acid groups (broad SMARTS) is 1. The van der Waals surface area contributed by atoms with Gasteiger partial charge in [0.05, 0.1) is 12.3 Å². The zero-order valence-electron chi connectivity index (χ0n) is 11.8. The van der Waals surface area contributed by atoms with Crippen LogP contribution in [0, 0.1) is 0 Å². The van der Waals surface area contributed by atoms with Crippen LogP contribution in [0.25, 0.3) is 11.3 Å². The molecule has 0 aliphatic rings. The van der Waals surface area contributed by atoms with Gasteiger partial charge in [-0.05, 0) is 17.2 Å². The number of hydrogen-bond donors (Lipinski definition) is 2. The van der Waals surface area contributed by atoms with Gasteiger partial charge in [-0.1, -0.05) is 38.1 Å². The second kappa shape index (κ2) is 5.09. The number of carbonyl (C=O) groups is 1. The molecule has 0 atom stereocenters. The van der Waals surface area contributed by atoms with E-state index in [1.165, 1.54) is 0 Å². The van der Waals surface area contributed by atoms with Gasteiger partial charge >= 0.3 is 5.97 Å². The average molecular weight is 274 g/mol. The van der Waals surface area contributed by atoms with Gasteiger partial charge in [0.1, 0.15) is 0 Å². The molecule has 1 aromatic carbocycles. The molecule has 0 fully saturated rings. The van der Waals surface area contributed by atoms with Crippen molar-refractivity contribution in [2.75, 3.05) is 6.61 Å². The van der Waals surface area contributed by atoms with Crippen LogP contribution in [0.5, 0.6) is 0 Å². The number of aryl methyl sites for hydroxylation is 1. The van der Waals surface area contributed by atoms with E-state index in [2.05, 4.69) is 5.10 Å². The summed E-state index contributed by atoms with van der Waals surface area (Å²) in [5, 5.41) is 22.3. The Kier molecular flexibility index (Phi) is 3.63. The molecule has 2 aromatic rings. The highest BCUT2D eigenvalue weighted by Crippen LogP contribution is 2.26. The number of benzene rings is 1. The molecule has 0 bridgehead atoms. The minimum Gasteiger partial charge on any atom is -0.476 e. The fraction of sp³-hybridized carbons (Fsp3) is 0.333. The second-order valence-corrected chi connectivity index (χ2v) is 5.46. The van der Waals surface area contributed by atoms with Gasteiger partial charge < -0.3 is 10.2 Å². The van der Waals surface area contributed by atoms with Gasteiger partial charge in [-0.3, -0.25) is 4.68 Å². The van der Waals surface area contributed by atoms with E-state index in [-0.39, 0.29) is 17.7 Å². The third-order valence-corrected chi connectivity index (χ3v) is 3.46. The van der Waals surface area contributed by atoms with Crippen LogP contribution >= 0.6 is 0 Å². The van der Waals surface area contributed by atoms with Gasteiger partial charge in [0.2, 0.25) is 0 Å². The summed E-state index contributed by atoms with van der Waals surface area (Å²) in [5.41, 5.74) is 2.41. The van der Waals surface area contributed by atoms with Gasteiger partial charge in [-0.15, -0.1) is 0 Å². The summed E-state index contributed by atoms with van der Waals surface area (Å²) in [7, 11) is 1.72. The molecule has 20 heavy (non-hydrogen) atoms. The van der Waals surface area contributed by atoms with Gasteiger partial charge in [0, 0.05) is 12.5 Å². The molecule has 0 radical (unpaired) electrons. The third kappa shape index (κ3) is 2.58. The third-order valence-electron chi connectivity index (χ3n) is 3.46. The topological polar surface area (TPSA) is 75.4 Å². The highest BCUT2D eigenvalue weighted by atomic mass is 16.4. The second-order valence-electron chi connectivity index (χ2n) is 5.46. The lowest BCUT2D eigenvalue weighted by Gasteiger charge is -2.22. The van der Waals surface area contributed by atoms with Crippen molar-refractivity contribution in [3.05, 3.63) is 41.6 Å². The van der Waals surface area contributed by atoms with Crippen molar-refractivity contribution in [1.82, 2.24) is 9.78 Å². The summed E-state index contributed by atoms with van der Waals surface area (Å²) >= 11 is 0. The number of aromatic nitrogens is 2. The number of aliphatic hydroxyl groups is 1. The monoisotopic (exact) mass is 274 g/mol. The summed E-state index contributed by atoms with van der Waals surface area (Å²) in [5.74, 6) is -1.04. The Morgan fingerprint density at radius 2 is 1.90 bits per heavy atom. The molecule has 1 heterocycles. The van der Waals surface area contributed by atoms with E-state index in [0.717, 1.165) is 16.8 Å². The molecule has 0 spiro atoms. The van der Waals surface area contributed by atoms with Gasteiger partial charge in [0.15, 0.2) is 5.69 Å². The van der Waals surface area contributed by atoms with Gasteiger partial charge in [0.25, 0.3) is 0 Å². The molecule has 0 amide bonds. The zero-order valence-corrected chi connectivity index (χ0v) is 11.8. The van der Waals surface area contributed by atoms with E-state index in [1.54, 1.807) is 17.8 Å². The minimum absolute atomic E-state index is 0.0299. The Labute approximate surface area is 117 Å². The largest absolute Gasteiger partial charge is 0.476 e. The fourth-order valence-corrected chi connectivity index (χ4v) is 2.03. The maximum Gasteiger partial charge on any atom is 0.356 e. The number of carboxylic acids is 1. The summed E-state index contributed by atoms with van der Waals surface area (Å²) in [6.07, 6.45) is 0. The molecule has 0 saturated carbocycles. The Bertz CT molecular complexity index is 627. The molecule has 0 aliphatic heterocycles.